The zero-order valence-electron chi connectivity index (χ0n) is 10.9. The van der Waals surface area contributed by atoms with Crippen LogP contribution in [0.5, 0.6) is 0 Å². The summed E-state index contributed by atoms with van der Waals surface area (Å²) in [6.07, 6.45) is 0.491. The highest BCUT2D eigenvalue weighted by molar-refractivity contribution is 5.76. The molecule has 0 saturated carbocycles. The average molecular weight is 244 g/mol. The summed E-state index contributed by atoms with van der Waals surface area (Å²) in [4.78, 5) is 13.8. The van der Waals surface area contributed by atoms with Crippen molar-refractivity contribution in [3.8, 4) is 0 Å². The van der Waals surface area contributed by atoms with E-state index in [-0.39, 0.29) is 12.0 Å². The molecule has 5 nitrogen and oxygen atoms in total. The third-order valence-corrected chi connectivity index (χ3v) is 2.85. The first-order chi connectivity index (χ1) is 8.27. The van der Waals surface area contributed by atoms with Gasteiger partial charge in [0.2, 0.25) is 5.91 Å². The predicted molar refractivity (Wildman–Crippen MR) is 66.0 cm³/mol. The van der Waals surface area contributed by atoms with Gasteiger partial charge >= 0.3 is 0 Å². The van der Waals surface area contributed by atoms with Crippen LogP contribution in [0.25, 0.3) is 0 Å². The normalized spacial score (nSPS) is 20.2. The van der Waals surface area contributed by atoms with Crippen LogP contribution in [0.1, 0.15) is 20.3 Å². The lowest BCUT2D eigenvalue weighted by molar-refractivity contribution is -0.135. The molecule has 1 heterocycles. The summed E-state index contributed by atoms with van der Waals surface area (Å²) in [5.74, 6) is 0.154. The van der Waals surface area contributed by atoms with E-state index in [1.807, 2.05) is 18.7 Å². The number of carbonyl (C=O) groups is 1. The molecule has 1 N–H and O–H groups in total. The molecule has 0 radical (unpaired) electrons. The van der Waals surface area contributed by atoms with E-state index in [9.17, 15) is 4.79 Å². The number of hydrogen-bond acceptors (Lipinski definition) is 4. The molecule has 1 fully saturated rings. The van der Waals surface area contributed by atoms with Gasteiger partial charge < -0.3 is 19.7 Å². The number of nitrogens with zero attached hydrogens (tertiary/aromatic N) is 1. The second-order valence-corrected chi connectivity index (χ2v) is 4.07. The van der Waals surface area contributed by atoms with Gasteiger partial charge in [0.25, 0.3) is 0 Å². The van der Waals surface area contributed by atoms with Crippen molar-refractivity contribution in [1.82, 2.24) is 10.2 Å². The molecule has 1 atom stereocenters. The second kappa shape index (κ2) is 8.44. The quantitative estimate of drug-likeness (QED) is 0.652. The predicted octanol–water partition coefficient (Wildman–Crippen LogP) is 0.250. The third-order valence-electron chi connectivity index (χ3n) is 2.85. The van der Waals surface area contributed by atoms with Crippen LogP contribution in [-0.4, -0.2) is 62.9 Å². The van der Waals surface area contributed by atoms with Gasteiger partial charge in [-0.1, -0.05) is 0 Å². The molecule has 0 aromatic heterocycles. The molecule has 0 aromatic rings. The number of morpholine rings is 1. The van der Waals surface area contributed by atoms with Crippen molar-refractivity contribution in [2.45, 2.75) is 26.4 Å². The van der Waals surface area contributed by atoms with Gasteiger partial charge in [0.05, 0.1) is 25.7 Å². The minimum Gasteiger partial charge on any atom is -0.380 e. The van der Waals surface area contributed by atoms with Crippen LogP contribution in [0.3, 0.4) is 0 Å². The Kier molecular flexibility index (Phi) is 7.16. The molecule has 0 aromatic carbocycles. The van der Waals surface area contributed by atoms with E-state index in [0.717, 1.165) is 19.6 Å². The molecule has 0 spiro atoms. The Hall–Kier alpha value is -0.650. The van der Waals surface area contributed by atoms with Crippen molar-refractivity contribution < 1.29 is 14.3 Å². The molecule has 1 rings (SSSR count). The molecule has 1 unspecified atom stereocenters. The lowest BCUT2D eigenvalue weighted by atomic mass is 10.2. The van der Waals surface area contributed by atoms with E-state index in [1.165, 1.54) is 0 Å². The van der Waals surface area contributed by atoms with Crippen LogP contribution in [0.15, 0.2) is 0 Å². The van der Waals surface area contributed by atoms with Gasteiger partial charge in [-0.05, 0) is 13.8 Å². The number of carbonyl (C=O) groups excluding carboxylic acids is 1. The molecular weight excluding hydrogens is 220 g/mol. The van der Waals surface area contributed by atoms with Crippen molar-refractivity contribution in [3.63, 3.8) is 0 Å². The Labute approximate surface area is 103 Å². The number of hydrogen-bond donors (Lipinski definition) is 1. The summed E-state index contributed by atoms with van der Waals surface area (Å²) in [7, 11) is 0. The summed E-state index contributed by atoms with van der Waals surface area (Å²) >= 11 is 0. The highest BCUT2D eigenvalue weighted by Gasteiger charge is 2.20. The molecular formula is C12H24N2O3. The molecule has 1 aliphatic heterocycles. The van der Waals surface area contributed by atoms with Crippen LogP contribution >= 0.6 is 0 Å². The molecule has 0 bridgehead atoms. The number of ether oxygens (including phenoxy) is 2. The minimum atomic E-state index is 0.0254. The van der Waals surface area contributed by atoms with Crippen LogP contribution in [0.4, 0.5) is 0 Å². The average Bonchev–Trinajstić information content (AvgIpc) is 2.36. The fourth-order valence-corrected chi connectivity index (χ4v) is 1.85. The Morgan fingerprint density at radius 3 is 2.94 bits per heavy atom. The van der Waals surface area contributed by atoms with Gasteiger partial charge in [-0.15, -0.1) is 0 Å². The maximum atomic E-state index is 12.0. The topological polar surface area (TPSA) is 50.8 Å². The smallest absolute Gasteiger partial charge is 0.225 e. The lowest BCUT2D eigenvalue weighted by Gasteiger charge is -2.26. The first kappa shape index (κ1) is 14.4. The molecule has 17 heavy (non-hydrogen) atoms. The fourth-order valence-electron chi connectivity index (χ4n) is 1.85. The molecule has 100 valence electrons. The van der Waals surface area contributed by atoms with Crippen molar-refractivity contribution in [2.75, 3.05) is 46.0 Å². The van der Waals surface area contributed by atoms with Gasteiger partial charge in [-0.25, -0.2) is 0 Å². The van der Waals surface area contributed by atoms with Crippen molar-refractivity contribution >= 4 is 5.91 Å². The van der Waals surface area contributed by atoms with Crippen LogP contribution in [0.2, 0.25) is 0 Å². The SMILES string of the molecule is CCOCCN(CC)C(=O)CC1CNCCO1. The van der Waals surface area contributed by atoms with Crippen LogP contribution < -0.4 is 5.32 Å². The van der Waals surface area contributed by atoms with Gasteiger partial charge in [-0.2, -0.15) is 0 Å². The zero-order valence-corrected chi connectivity index (χ0v) is 10.9. The number of amides is 1. The molecule has 1 aliphatic rings. The maximum Gasteiger partial charge on any atom is 0.225 e. The highest BCUT2D eigenvalue weighted by atomic mass is 16.5. The first-order valence-corrected chi connectivity index (χ1v) is 6.45. The summed E-state index contributed by atoms with van der Waals surface area (Å²) in [5.41, 5.74) is 0. The van der Waals surface area contributed by atoms with E-state index < -0.39 is 0 Å². The second-order valence-electron chi connectivity index (χ2n) is 4.07. The van der Waals surface area contributed by atoms with E-state index in [4.69, 9.17) is 9.47 Å². The zero-order chi connectivity index (χ0) is 12.5. The van der Waals surface area contributed by atoms with Crippen molar-refractivity contribution in [3.05, 3.63) is 0 Å². The van der Waals surface area contributed by atoms with E-state index in [1.54, 1.807) is 0 Å². The van der Waals surface area contributed by atoms with Crippen molar-refractivity contribution in [1.29, 1.82) is 0 Å². The third kappa shape index (κ3) is 5.48. The minimum absolute atomic E-state index is 0.0254. The standard InChI is InChI=1S/C12H24N2O3/c1-3-14(6-8-16-4-2)12(15)9-11-10-13-5-7-17-11/h11,13H,3-10H2,1-2H3. The van der Waals surface area contributed by atoms with Gasteiger partial charge in [-0.3, -0.25) is 4.79 Å². The van der Waals surface area contributed by atoms with E-state index >= 15 is 0 Å². The fraction of sp³-hybridized carbons (Fsp3) is 0.917. The monoisotopic (exact) mass is 244 g/mol. The number of likely N-dealkylation sites (N-methyl/N-ethyl adjacent to an activating group) is 1. The summed E-state index contributed by atoms with van der Waals surface area (Å²) in [6, 6.07) is 0. The summed E-state index contributed by atoms with van der Waals surface area (Å²) < 4.78 is 10.8. The van der Waals surface area contributed by atoms with E-state index in [0.29, 0.717) is 32.8 Å². The Bertz CT molecular complexity index is 218. The number of nitrogens with one attached hydrogen (secondary N) is 1. The Morgan fingerprint density at radius 1 is 1.53 bits per heavy atom. The summed E-state index contributed by atoms with van der Waals surface area (Å²) in [5, 5.41) is 3.23. The van der Waals surface area contributed by atoms with Crippen LogP contribution in [-0.2, 0) is 14.3 Å². The van der Waals surface area contributed by atoms with Crippen LogP contribution in [0, 0.1) is 0 Å². The molecule has 0 aliphatic carbocycles. The summed E-state index contributed by atoms with van der Waals surface area (Å²) in [6.45, 7) is 9.00. The van der Waals surface area contributed by atoms with Gasteiger partial charge in [0, 0.05) is 32.8 Å². The Morgan fingerprint density at radius 2 is 2.35 bits per heavy atom. The Balaban J connectivity index is 2.26. The van der Waals surface area contributed by atoms with Gasteiger partial charge in [0.15, 0.2) is 0 Å². The lowest BCUT2D eigenvalue weighted by Crippen LogP contribution is -2.43. The molecule has 1 amide bonds. The largest absolute Gasteiger partial charge is 0.380 e. The highest BCUT2D eigenvalue weighted by Crippen LogP contribution is 2.05. The van der Waals surface area contributed by atoms with Gasteiger partial charge in [0.1, 0.15) is 0 Å². The first-order valence-electron chi connectivity index (χ1n) is 6.45. The molecule has 5 heteroatoms. The van der Waals surface area contributed by atoms with E-state index in [2.05, 4.69) is 5.32 Å². The molecule has 1 saturated heterocycles. The number of rotatable bonds is 7. The van der Waals surface area contributed by atoms with Crippen molar-refractivity contribution in [2.24, 2.45) is 0 Å². The maximum absolute atomic E-state index is 12.0.